The molecule has 1 heterocycles. The molecule has 1 aliphatic rings. The van der Waals surface area contributed by atoms with E-state index in [4.69, 9.17) is 5.26 Å². The summed E-state index contributed by atoms with van der Waals surface area (Å²) in [5, 5.41) is 8.47. The van der Waals surface area contributed by atoms with Crippen LogP contribution in [0.25, 0.3) is 0 Å². The molecule has 1 fully saturated rings. The highest BCUT2D eigenvalue weighted by atomic mass is 16.2. The third-order valence-electron chi connectivity index (χ3n) is 2.69. The number of rotatable bonds is 4. The van der Waals surface area contributed by atoms with Crippen LogP contribution in [-0.4, -0.2) is 29.2 Å². The van der Waals surface area contributed by atoms with Crippen molar-refractivity contribution in [2.45, 2.75) is 39.2 Å². The highest BCUT2D eigenvalue weighted by Crippen LogP contribution is 2.22. The summed E-state index contributed by atoms with van der Waals surface area (Å²) in [6.07, 6.45) is 1.35. The molecule has 0 aliphatic carbocycles. The molecule has 0 radical (unpaired) electrons. The molecule has 0 aromatic carbocycles. The van der Waals surface area contributed by atoms with Crippen molar-refractivity contribution < 1.29 is 9.59 Å². The van der Waals surface area contributed by atoms with Crippen LogP contribution in [0.4, 0.5) is 0 Å². The summed E-state index contributed by atoms with van der Waals surface area (Å²) in [5.74, 6) is 0.0634. The predicted molar refractivity (Wildman–Crippen MR) is 54.8 cm³/mol. The van der Waals surface area contributed by atoms with Crippen LogP contribution in [0, 0.1) is 17.2 Å². The monoisotopic (exact) mass is 208 g/mol. The summed E-state index contributed by atoms with van der Waals surface area (Å²) in [4.78, 5) is 24.8. The largest absolute Gasteiger partial charge is 0.332 e. The highest BCUT2D eigenvalue weighted by molar-refractivity contribution is 5.93. The second-order valence-corrected chi connectivity index (χ2v) is 4.11. The third-order valence-corrected chi connectivity index (χ3v) is 2.69. The highest BCUT2D eigenvalue weighted by Gasteiger charge is 2.36. The molecule has 0 saturated carbocycles. The lowest BCUT2D eigenvalue weighted by Crippen LogP contribution is -2.40. The van der Waals surface area contributed by atoms with E-state index in [1.54, 1.807) is 4.90 Å². The number of ketones is 1. The Balaban J connectivity index is 2.68. The normalized spacial score (nSPS) is 20.8. The van der Waals surface area contributed by atoms with Crippen molar-refractivity contribution in [1.82, 2.24) is 4.90 Å². The maximum Gasteiger partial charge on any atom is 0.223 e. The van der Waals surface area contributed by atoms with Crippen molar-refractivity contribution in [3.05, 3.63) is 0 Å². The van der Waals surface area contributed by atoms with E-state index in [1.165, 1.54) is 0 Å². The predicted octanol–water partition coefficient (Wildman–Crippen LogP) is 1.12. The van der Waals surface area contributed by atoms with Gasteiger partial charge in [-0.3, -0.25) is 9.59 Å². The van der Waals surface area contributed by atoms with Gasteiger partial charge in [-0.1, -0.05) is 13.8 Å². The Bertz CT molecular complexity index is 304. The van der Waals surface area contributed by atoms with Crippen LogP contribution >= 0.6 is 0 Å². The Kier molecular flexibility index (Phi) is 3.84. The van der Waals surface area contributed by atoms with Crippen LogP contribution in [0.15, 0.2) is 0 Å². The Morgan fingerprint density at radius 2 is 2.33 bits per heavy atom. The van der Waals surface area contributed by atoms with E-state index in [2.05, 4.69) is 0 Å². The van der Waals surface area contributed by atoms with Gasteiger partial charge >= 0.3 is 0 Å². The number of nitriles is 1. The molecule has 1 rings (SSSR count). The average Bonchev–Trinajstić information content (AvgIpc) is 2.55. The van der Waals surface area contributed by atoms with Crippen LogP contribution in [-0.2, 0) is 9.59 Å². The van der Waals surface area contributed by atoms with E-state index in [9.17, 15) is 9.59 Å². The number of hydrogen-bond acceptors (Lipinski definition) is 3. The van der Waals surface area contributed by atoms with Crippen molar-refractivity contribution in [3.63, 3.8) is 0 Å². The van der Waals surface area contributed by atoms with E-state index in [-0.39, 0.29) is 23.7 Å². The third kappa shape index (κ3) is 2.56. The van der Waals surface area contributed by atoms with Gasteiger partial charge in [-0.15, -0.1) is 0 Å². The Hall–Kier alpha value is -1.37. The van der Waals surface area contributed by atoms with Crippen LogP contribution in [0.2, 0.25) is 0 Å². The molecule has 1 aliphatic heterocycles. The number of likely N-dealkylation sites (tertiary alicyclic amines) is 1. The van der Waals surface area contributed by atoms with Crippen LogP contribution in [0.1, 0.15) is 33.1 Å². The van der Waals surface area contributed by atoms with Crippen molar-refractivity contribution in [1.29, 1.82) is 5.26 Å². The Morgan fingerprint density at radius 3 is 2.87 bits per heavy atom. The fraction of sp³-hybridized carbons (Fsp3) is 0.727. The summed E-state index contributed by atoms with van der Waals surface area (Å²) in [6.45, 7) is 4.07. The lowest BCUT2D eigenvalue weighted by molar-refractivity contribution is -0.135. The zero-order chi connectivity index (χ0) is 11.4. The molecular formula is C11H16N2O2. The minimum Gasteiger partial charge on any atom is -0.332 e. The molecule has 1 unspecified atom stereocenters. The first kappa shape index (κ1) is 11.7. The SMILES string of the molecule is CC(C)C(=O)C1CCC(=O)N1CCC#N. The minimum atomic E-state index is -0.286. The van der Waals surface area contributed by atoms with Crippen molar-refractivity contribution in [3.8, 4) is 6.07 Å². The number of carbonyl (C=O) groups excluding carboxylic acids is 2. The Labute approximate surface area is 89.9 Å². The van der Waals surface area contributed by atoms with E-state index in [1.807, 2.05) is 19.9 Å². The zero-order valence-corrected chi connectivity index (χ0v) is 9.19. The molecule has 82 valence electrons. The summed E-state index contributed by atoms with van der Waals surface area (Å²) in [6, 6.07) is 1.71. The lowest BCUT2D eigenvalue weighted by Gasteiger charge is -2.23. The number of hydrogen-bond donors (Lipinski definition) is 0. The number of amides is 1. The second kappa shape index (κ2) is 4.92. The minimum absolute atomic E-state index is 0.00394. The van der Waals surface area contributed by atoms with Gasteiger partial charge in [0.1, 0.15) is 0 Å². The molecule has 1 saturated heterocycles. The quantitative estimate of drug-likeness (QED) is 0.695. The first-order valence-electron chi connectivity index (χ1n) is 5.28. The van der Waals surface area contributed by atoms with Gasteiger partial charge in [0.05, 0.1) is 18.5 Å². The molecule has 0 aromatic heterocycles. The molecular weight excluding hydrogens is 192 g/mol. The van der Waals surface area contributed by atoms with Gasteiger partial charge in [0.25, 0.3) is 0 Å². The van der Waals surface area contributed by atoms with E-state index in [0.29, 0.717) is 25.8 Å². The molecule has 15 heavy (non-hydrogen) atoms. The summed E-state index contributed by atoms with van der Waals surface area (Å²) < 4.78 is 0. The molecule has 0 aromatic rings. The van der Waals surface area contributed by atoms with Gasteiger partial charge in [0.15, 0.2) is 5.78 Å². The standard InChI is InChI=1S/C11H16N2O2/c1-8(2)11(15)9-4-5-10(14)13(9)7-3-6-12/h8-9H,3-5,7H2,1-2H3. The number of Topliss-reactive ketones (excluding diaryl/α,β-unsaturated/α-hetero) is 1. The second-order valence-electron chi connectivity index (χ2n) is 4.11. The lowest BCUT2D eigenvalue weighted by atomic mass is 10.00. The topological polar surface area (TPSA) is 61.2 Å². The maximum absolute atomic E-state index is 11.8. The van der Waals surface area contributed by atoms with Crippen LogP contribution in [0.5, 0.6) is 0 Å². The van der Waals surface area contributed by atoms with Gasteiger partial charge in [-0.05, 0) is 6.42 Å². The van der Waals surface area contributed by atoms with Gasteiger partial charge in [-0.2, -0.15) is 5.26 Å². The summed E-state index contributed by atoms with van der Waals surface area (Å²) in [5.41, 5.74) is 0. The molecule has 4 heteroatoms. The molecule has 1 amide bonds. The first-order chi connectivity index (χ1) is 7.07. The van der Waals surface area contributed by atoms with Crippen molar-refractivity contribution in [2.75, 3.05) is 6.54 Å². The fourth-order valence-electron chi connectivity index (χ4n) is 1.87. The van der Waals surface area contributed by atoms with E-state index < -0.39 is 0 Å². The molecule has 0 N–H and O–H groups in total. The van der Waals surface area contributed by atoms with Gasteiger partial charge in [0.2, 0.25) is 5.91 Å². The van der Waals surface area contributed by atoms with E-state index >= 15 is 0 Å². The molecule has 4 nitrogen and oxygen atoms in total. The van der Waals surface area contributed by atoms with Gasteiger partial charge in [-0.25, -0.2) is 0 Å². The maximum atomic E-state index is 11.8. The summed E-state index contributed by atoms with van der Waals surface area (Å²) >= 11 is 0. The van der Waals surface area contributed by atoms with E-state index in [0.717, 1.165) is 0 Å². The van der Waals surface area contributed by atoms with Gasteiger partial charge in [0, 0.05) is 18.9 Å². The zero-order valence-electron chi connectivity index (χ0n) is 9.19. The number of carbonyl (C=O) groups is 2. The Morgan fingerprint density at radius 1 is 1.67 bits per heavy atom. The van der Waals surface area contributed by atoms with Gasteiger partial charge < -0.3 is 4.90 Å². The number of nitrogens with zero attached hydrogens (tertiary/aromatic N) is 2. The smallest absolute Gasteiger partial charge is 0.223 e. The fourth-order valence-corrected chi connectivity index (χ4v) is 1.87. The van der Waals surface area contributed by atoms with Crippen LogP contribution < -0.4 is 0 Å². The molecule has 0 bridgehead atoms. The van der Waals surface area contributed by atoms with Crippen LogP contribution in [0.3, 0.4) is 0 Å². The molecule has 0 spiro atoms. The summed E-state index contributed by atoms with van der Waals surface area (Å²) in [7, 11) is 0. The van der Waals surface area contributed by atoms with Crippen molar-refractivity contribution in [2.24, 2.45) is 5.92 Å². The van der Waals surface area contributed by atoms with Crippen molar-refractivity contribution >= 4 is 11.7 Å². The average molecular weight is 208 g/mol. The molecule has 1 atom stereocenters. The first-order valence-corrected chi connectivity index (χ1v) is 5.28.